The molecule has 3 rings (SSSR count). The molecule has 0 radical (unpaired) electrons. The van der Waals surface area contributed by atoms with E-state index < -0.39 is 0 Å². The molecule has 148 valence electrons. The summed E-state index contributed by atoms with van der Waals surface area (Å²) in [7, 11) is 0. The number of para-hydroxylation sites is 1. The molecule has 0 bridgehead atoms. The summed E-state index contributed by atoms with van der Waals surface area (Å²) in [6.07, 6.45) is 2.38. The SMILES string of the molecule is Cc1cccc(C)c1NC(=O)COc1ccc(C(=S)N2CCC(C)CC2)cc1. The molecule has 1 aliphatic rings. The Bertz CT molecular complexity index is 820. The number of nitrogens with zero attached hydrogens (tertiary/aromatic N) is 1. The number of piperidine rings is 1. The molecule has 1 aliphatic heterocycles. The van der Waals surface area contributed by atoms with Gasteiger partial charge in [0.25, 0.3) is 5.91 Å². The van der Waals surface area contributed by atoms with Crippen molar-refractivity contribution in [3.8, 4) is 5.75 Å². The molecule has 1 heterocycles. The molecular formula is C23H28N2O2S. The number of carbonyl (C=O) groups is 1. The van der Waals surface area contributed by atoms with Crippen LogP contribution < -0.4 is 10.1 Å². The molecule has 0 saturated carbocycles. The summed E-state index contributed by atoms with van der Waals surface area (Å²) in [6.45, 7) is 8.28. The van der Waals surface area contributed by atoms with Crippen molar-refractivity contribution in [1.29, 1.82) is 0 Å². The Morgan fingerprint density at radius 1 is 1.11 bits per heavy atom. The number of ether oxygens (including phenoxy) is 1. The quantitative estimate of drug-likeness (QED) is 0.742. The predicted octanol–water partition coefficient (Wildman–Crippen LogP) is 4.73. The molecule has 0 unspecified atom stereocenters. The molecule has 4 nitrogen and oxygen atoms in total. The molecule has 5 heteroatoms. The third-order valence-electron chi connectivity index (χ3n) is 5.29. The molecule has 1 saturated heterocycles. The second-order valence-electron chi connectivity index (χ2n) is 7.60. The lowest BCUT2D eigenvalue weighted by atomic mass is 9.99. The van der Waals surface area contributed by atoms with Crippen LogP contribution in [0.2, 0.25) is 0 Å². The van der Waals surface area contributed by atoms with Crippen LogP contribution in [-0.2, 0) is 4.79 Å². The van der Waals surface area contributed by atoms with Crippen LogP contribution in [0.3, 0.4) is 0 Å². The van der Waals surface area contributed by atoms with E-state index in [1.54, 1.807) is 0 Å². The first-order valence-electron chi connectivity index (χ1n) is 9.82. The summed E-state index contributed by atoms with van der Waals surface area (Å²) in [5, 5.41) is 2.93. The Labute approximate surface area is 172 Å². The highest BCUT2D eigenvalue weighted by molar-refractivity contribution is 7.80. The second kappa shape index (κ2) is 9.20. The van der Waals surface area contributed by atoms with Gasteiger partial charge in [-0.1, -0.05) is 37.3 Å². The van der Waals surface area contributed by atoms with Crippen LogP contribution in [0, 0.1) is 19.8 Å². The molecule has 0 aliphatic carbocycles. The van der Waals surface area contributed by atoms with Gasteiger partial charge >= 0.3 is 0 Å². The van der Waals surface area contributed by atoms with Crippen LogP contribution in [0.25, 0.3) is 0 Å². The third-order valence-corrected chi connectivity index (χ3v) is 5.78. The van der Waals surface area contributed by atoms with Gasteiger partial charge in [-0.2, -0.15) is 0 Å². The van der Waals surface area contributed by atoms with Crippen molar-refractivity contribution in [1.82, 2.24) is 4.90 Å². The topological polar surface area (TPSA) is 41.6 Å². The number of thiocarbonyl (C=S) groups is 1. The minimum atomic E-state index is -0.167. The van der Waals surface area contributed by atoms with Gasteiger partial charge in [-0.05, 0) is 68.0 Å². The molecule has 0 spiro atoms. The summed E-state index contributed by atoms with van der Waals surface area (Å²) < 4.78 is 5.65. The summed E-state index contributed by atoms with van der Waals surface area (Å²) >= 11 is 5.65. The first-order chi connectivity index (χ1) is 13.4. The molecule has 1 N–H and O–H groups in total. The Balaban J connectivity index is 1.53. The van der Waals surface area contributed by atoms with Gasteiger partial charge in [0.05, 0.1) is 0 Å². The minimum absolute atomic E-state index is 0.0262. The van der Waals surface area contributed by atoms with E-state index in [2.05, 4.69) is 17.1 Å². The second-order valence-corrected chi connectivity index (χ2v) is 7.99. The zero-order valence-electron chi connectivity index (χ0n) is 16.8. The predicted molar refractivity (Wildman–Crippen MR) is 118 cm³/mol. The summed E-state index contributed by atoms with van der Waals surface area (Å²) in [5.41, 5.74) is 3.96. The highest BCUT2D eigenvalue weighted by Crippen LogP contribution is 2.21. The van der Waals surface area contributed by atoms with Gasteiger partial charge in [-0.25, -0.2) is 0 Å². The maximum atomic E-state index is 12.2. The third kappa shape index (κ3) is 5.10. The highest BCUT2D eigenvalue weighted by Gasteiger charge is 2.18. The fourth-order valence-corrected chi connectivity index (χ4v) is 3.74. The van der Waals surface area contributed by atoms with E-state index in [1.165, 1.54) is 12.8 Å². The van der Waals surface area contributed by atoms with E-state index in [9.17, 15) is 4.79 Å². The van der Waals surface area contributed by atoms with E-state index in [0.29, 0.717) is 5.75 Å². The van der Waals surface area contributed by atoms with E-state index in [1.807, 2.05) is 56.3 Å². The number of amides is 1. The molecule has 28 heavy (non-hydrogen) atoms. The zero-order chi connectivity index (χ0) is 20.1. The molecule has 0 atom stereocenters. The van der Waals surface area contributed by atoms with Crippen molar-refractivity contribution in [3.63, 3.8) is 0 Å². The fourth-order valence-electron chi connectivity index (χ4n) is 3.42. The number of anilines is 1. The van der Waals surface area contributed by atoms with Gasteiger partial charge < -0.3 is 15.0 Å². The molecule has 2 aromatic carbocycles. The number of likely N-dealkylation sites (tertiary alicyclic amines) is 1. The number of hydrogen-bond donors (Lipinski definition) is 1. The molecule has 1 fully saturated rings. The summed E-state index contributed by atoms with van der Waals surface area (Å²) in [5.74, 6) is 1.28. The van der Waals surface area contributed by atoms with Gasteiger partial charge in [0, 0.05) is 24.3 Å². The lowest BCUT2D eigenvalue weighted by Crippen LogP contribution is -2.37. The van der Waals surface area contributed by atoms with Crippen molar-refractivity contribution in [2.45, 2.75) is 33.6 Å². The van der Waals surface area contributed by atoms with E-state index >= 15 is 0 Å². The molecule has 0 aromatic heterocycles. The zero-order valence-corrected chi connectivity index (χ0v) is 17.6. The summed E-state index contributed by atoms with van der Waals surface area (Å²) in [6, 6.07) is 13.6. The molecular weight excluding hydrogens is 368 g/mol. The minimum Gasteiger partial charge on any atom is -0.484 e. The Morgan fingerprint density at radius 2 is 1.71 bits per heavy atom. The maximum Gasteiger partial charge on any atom is 0.262 e. The average Bonchev–Trinajstić information content (AvgIpc) is 2.70. The van der Waals surface area contributed by atoms with Crippen molar-refractivity contribution >= 4 is 28.8 Å². The van der Waals surface area contributed by atoms with Gasteiger partial charge in [0.15, 0.2) is 6.61 Å². The van der Waals surface area contributed by atoms with Gasteiger partial charge in [-0.15, -0.1) is 0 Å². The van der Waals surface area contributed by atoms with Crippen molar-refractivity contribution in [2.75, 3.05) is 25.0 Å². The van der Waals surface area contributed by atoms with Crippen LogP contribution in [0.15, 0.2) is 42.5 Å². The first-order valence-corrected chi connectivity index (χ1v) is 10.2. The van der Waals surface area contributed by atoms with Crippen LogP contribution in [-0.4, -0.2) is 35.5 Å². The van der Waals surface area contributed by atoms with E-state index in [4.69, 9.17) is 17.0 Å². The Kier molecular flexibility index (Phi) is 6.68. The number of carbonyl (C=O) groups excluding carboxylic acids is 1. The number of benzene rings is 2. The summed E-state index contributed by atoms with van der Waals surface area (Å²) in [4.78, 5) is 15.4. The van der Waals surface area contributed by atoms with Crippen molar-refractivity contribution in [2.24, 2.45) is 5.92 Å². The number of aryl methyl sites for hydroxylation is 2. The van der Waals surface area contributed by atoms with Crippen LogP contribution >= 0.6 is 12.2 Å². The highest BCUT2D eigenvalue weighted by atomic mass is 32.1. The van der Waals surface area contributed by atoms with E-state index in [0.717, 1.165) is 46.4 Å². The van der Waals surface area contributed by atoms with Crippen molar-refractivity contribution in [3.05, 3.63) is 59.2 Å². The van der Waals surface area contributed by atoms with E-state index in [-0.39, 0.29) is 12.5 Å². The monoisotopic (exact) mass is 396 g/mol. The largest absolute Gasteiger partial charge is 0.484 e. The van der Waals surface area contributed by atoms with Crippen LogP contribution in [0.5, 0.6) is 5.75 Å². The lowest BCUT2D eigenvalue weighted by Gasteiger charge is -2.32. The number of rotatable bonds is 5. The Hall–Kier alpha value is -2.40. The van der Waals surface area contributed by atoms with Gasteiger partial charge in [0.2, 0.25) is 0 Å². The normalized spacial score (nSPS) is 14.6. The standard InChI is InChI=1S/C23H28N2O2S/c1-16-11-13-25(14-12-16)23(28)19-7-9-20(10-8-19)27-15-21(26)24-22-17(2)5-4-6-18(22)3/h4-10,16H,11-15H2,1-3H3,(H,24,26). The van der Waals surface area contributed by atoms with Crippen molar-refractivity contribution < 1.29 is 9.53 Å². The van der Waals surface area contributed by atoms with Gasteiger partial charge in [-0.3, -0.25) is 4.79 Å². The fraction of sp³-hybridized carbons (Fsp3) is 0.391. The number of nitrogens with one attached hydrogen (secondary N) is 1. The maximum absolute atomic E-state index is 12.2. The van der Waals surface area contributed by atoms with Gasteiger partial charge in [0.1, 0.15) is 10.7 Å². The van der Waals surface area contributed by atoms with Crippen LogP contribution in [0.1, 0.15) is 36.5 Å². The molecule has 1 amide bonds. The smallest absolute Gasteiger partial charge is 0.262 e. The first kappa shape index (κ1) is 20.3. The number of hydrogen-bond acceptors (Lipinski definition) is 3. The Morgan fingerprint density at radius 3 is 2.32 bits per heavy atom. The lowest BCUT2D eigenvalue weighted by molar-refractivity contribution is -0.118. The van der Waals surface area contributed by atoms with Crippen LogP contribution in [0.4, 0.5) is 5.69 Å². The average molecular weight is 397 g/mol. The molecule has 2 aromatic rings.